The normalized spacial score (nSPS) is 10.7. The van der Waals surface area contributed by atoms with E-state index in [1.165, 1.54) is 0 Å². The number of aryl methyl sites for hydroxylation is 1. The first-order valence-corrected chi connectivity index (χ1v) is 9.62. The monoisotopic (exact) mass is 420 g/mol. The maximum atomic E-state index is 11.3. The molecule has 160 valence electrons. The third kappa shape index (κ3) is 7.44. The van der Waals surface area contributed by atoms with Crippen molar-refractivity contribution in [3.05, 3.63) is 84.5 Å². The van der Waals surface area contributed by atoms with E-state index in [-0.39, 0.29) is 6.61 Å². The summed E-state index contributed by atoms with van der Waals surface area (Å²) in [6, 6.07) is 12.6. The smallest absolute Gasteiger partial charge is 0.335 e. The zero-order valence-electron chi connectivity index (χ0n) is 17.3. The first kappa shape index (κ1) is 23.3. The molecule has 0 heterocycles. The number of benzene rings is 2. The first-order chi connectivity index (χ1) is 15.0. The fourth-order valence-corrected chi connectivity index (χ4v) is 2.78. The van der Waals surface area contributed by atoms with Crippen molar-refractivity contribution in [3.8, 4) is 11.5 Å². The van der Waals surface area contributed by atoms with Crippen molar-refractivity contribution >= 4 is 30.1 Å². The van der Waals surface area contributed by atoms with Crippen molar-refractivity contribution in [1.29, 1.82) is 0 Å². The van der Waals surface area contributed by atoms with E-state index in [4.69, 9.17) is 14.2 Å². The largest absolute Gasteiger partial charge is 0.463 e. The summed E-state index contributed by atoms with van der Waals surface area (Å²) in [4.78, 5) is 33.3. The fraction of sp³-hybridized carbons (Fsp3) is 0.160. The van der Waals surface area contributed by atoms with E-state index < -0.39 is 11.9 Å². The highest BCUT2D eigenvalue weighted by molar-refractivity contribution is 5.84. The van der Waals surface area contributed by atoms with Crippen LogP contribution in [-0.4, -0.2) is 25.0 Å². The molecule has 0 amide bonds. The van der Waals surface area contributed by atoms with Crippen LogP contribution in [0.5, 0.6) is 11.5 Å². The highest BCUT2D eigenvalue weighted by Crippen LogP contribution is 2.27. The van der Waals surface area contributed by atoms with Crippen LogP contribution < -0.4 is 9.47 Å². The lowest BCUT2D eigenvalue weighted by Crippen LogP contribution is -2.03. The fourth-order valence-electron chi connectivity index (χ4n) is 2.78. The zero-order chi connectivity index (χ0) is 22.6. The zero-order valence-corrected chi connectivity index (χ0v) is 17.3. The predicted octanol–water partition coefficient (Wildman–Crippen LogP) is 4.54. The number of carbonyl (C=O) groups is 3. The predicted molar refractivity (Wildman–Crippen MR) is 118 cm³/mol. The number of carbonyl (C=O) groups excluding carboxylic acids is 3. The van der Waals surface area contributed by atoms with Crippen molar-refractivity contribution in [2.75, 3.05) is 6.61 Å². The van der Waals surface area contributed by atoms with Crippen molar-refractivity contribution < 1.29 is 28.6 Å². The van der Waals surface area contributed by atoms with E-state index in [1.54, 1.807) is 18.2 Å². The summed E-state index contributed by atoms with van der Waals surface area (Å²) >= 11 is 0. The Hall–Kier alpha value is -3.93. The van der Waals surface area contributed by atoms with E-state index in [1.807, 2.05) is 37.3 Å². The summed E-state index contributed by atoms with van der Waals surface area (Å²) in [6.07, 6.45) is 5.43. The summed E-state index contributed by atoms with van der Waals surface area (Å²) in [5.41, 5.74) is 3.55. The second-order valence-corrected chi connectivity index (χ2v) is 6.54. The van der Waals surface area contributed by atoms with E-state index in [9.17, 15) is 14.4 Å². The van der Waals surface area contributed by atoms with Crippen molar-refractivity contribution in [2.45, 2.75) is 19.8 Å². The van der Waals surface area contributed by atoms with Gasteiger partial charge in [0.05, 0.1) is 6.61 Å². The third-order valence-electron chi connectivity index (χ3n) is 4.34. The van der Waals surface area contributed by atoms with Gasteiger partial charge in [-0.2, -0.15) is 0 Å². The van der Waals surface area contributed by atoms with Crippen LogP contribution in [0.3, 0.4) is 0 Å². The number of rotatable bonds is 11. The quantitative estimate of drug-likeness (QED) is 0.133. The van der Waals surface area contributed by atoms with Gasteiger partial charge in [0.15, 0.2) is 0 Å². The molecule has 6 heteroatoms. The highest BCUT2D eigenvalue weighted by atomic mass is 16.5. The number of allylic oxidation sites excluding steroid dienone is 1. The molecule has 2 aromatic carbocycles. The first-order valence-electron chi connectivity index (χ1n) is 9.62. The van der Waals surface area contributed by atoms with Gasteiger partial charge in [-0.1, -0.05) is 37.4 Å². The summed E-state index contributed by atoms with van der Waals surface area (Å²) in [6.45, 7) is 9.32. The van der Waals surface area contributed by atoms with Crippen LogP contribution in [0.2, 0.25) is 0 Å². The van der Waals surface area contributed by atoms with Gasteiger partial charge in [-0.3, -0.25) is 4.79 Å². The molecule has 0 aliphatic rings. The minimum atomic E-state index is -0.519. The molecule has 0 radical (unpaired) electrons. The molecule has 0 spiro atoms. The Morgan fingerprint density at radius 3 is 2.35 bits per heavy atom. The Kier molecular flexibility index (Phi) is 8.98. The summed E-state index contributed by atoms with van der Waals surface area (Å²) < 4.78 is 15.2. The van der Waals surface area contributed by atoms with Gasteiger partial charge >= 0.3 is 11.9 Å². The Morgan fingerprint density at radius 2 is 1.71 bits per heavy atom. The molecule has 2 rings (SSSR count). The summed E-state index contributed by atoms with van der Waals surface area (Å²) in [5.74, 6) is -0.108. The molecular formula is C25H24O6. The molecule has 31 heavy (non-hydrogen) atoms. The van der Waals surface area contributed by atoms with Crippen molar-refractivity contribution in [1.82, 2.24) is 0 Å². The van der Waals surface area contributed by atoms with Crippen LogP contribution in [0, 0.1) is 0 Å². The summed E-state index contributed by atoms with van der Waals surface area (Å²) in [7, 11) is 0. The summed E-state index contributed by atoms with van der Waals surface area (Å²) in [5, 5.41) is 0. The van der Waals surface area contributed by atoms with Gasteiger partial charge in [-0.05, 0) is 60.7 Å². The third-order valence-corrected chi connectivity index (χ3v) is 4.34. The van der Waals surface area contributed by atoms with Crippen molar-refractivity contribution in [2.24, 2.45) is 0 Å². The molecule has 0 fully saturated rings. The minimum Gasteiger partial charge on any atom is -0.463 e. The molecule has 2 aromatic rings. The second-order valence-electron chi connectivity index (χ2n) is 6.54. The van der Waals surface area contributed by atoms with Crippen molar-refractivity contribution in [3.63, 3.8) is 0 Å². The average molecular weight is 420 g/mol. The number of esters is 2. The molecule has 0 aromatic heterocycles. The molecule has 0 atom stereocenters. The van der Waals surface area contributed by atoms with Gasteiger partial charge in [0.1, 0.15) is 11.5 Å². The molecule has 0 unspecified atom stereocenters. The van der Waals surface area contributed by atoms with Crippen LogP contribution >= 0.6 is 0 Å². The van der Waals surface area contributed by atoms with E-state index in [0.29, 0.717) is 30.8 Å². The van der Waals surface area contributed by atoms with Gasteiger partial charge in [0, 0.05) is 17.7 Å². The maximum absolute atomic E-state index is 11.3. The van der Waals surface area contributed by atoms with Crippen LogP contribution in [-0.2, 0) is 25.5 Å². The average Bonchev–Trinajstić information content (AvgIpc) is 2.78. The topological polar surface area (TPSA) is 78.9 Å². The molecule has 6 nitrogen and oxygen atoms in total. The standard InChI is InChI=1S/C25H24O6/c1-4-24(27)29-14-6-7-19-8-9-21(23(16-19)30-17-26)15-18(3)20-10-12-22(13-11-20)31-25(28)5-2/h4-5,8-13,15-17H,1-2,6-7,14H2,3H3/b18-15+. The van der Waals surface area contributed by atoms with E-state index >= 15 is 0 Å². The van der Waals surface area contributed by atoms with E-state index in [0.717, 1.165) is 34.4 Å². The van der Waals surface area contributed by atoms with Gasteiger partial charge in [-0.25, -0.2) is 9.59 Å². The maximum Gasteiger partial charge on any atom is 0.335 e. The molecule has 0 saturated carbocycles. The molecule has 0 saturated heterocycles. The van der Waals surface area contributed by atoms with Crippen LogP contribution in [0.1, 0.15) is 30.0 Å². The van der Waals surface area contributed by atoms with Crippen LogP contribution in [0.4, 0.5) is 0 Å². The lowest BCUT2D eigenvalue weighted by atomic mass is 10.0. The minimum absolute atomic E-state index is 0.285. The number of ether oxygens (including phenoxy) is 3. The molecule has 0 N–H and O–H groups in total. The lowest BCUT2D eigenvalue weighted by Gasteiger charge is -2.09. The van der Waals surface area contributed by atoms with Gasteiger partial charge < -0.3 is 14.2 Å². The highest BCUT2D eigenvalue weighted by Gasteiger charge is 2.07. The number of hydrogen-bond acceptors (Lipinski definition) is 6. The van der Waals surface area contributed by atoms with Crippen LogP contribution in [0.15, 0.2) is 67.8 Å². The van der Waals surface area contributed by atoms with Gasteiger partial charge in [-0.15, -0.1) is 0 Å². The SMILES string of the molecule is C=CC(=O)OCCCc1ccc(/C=C(\C)c2ccc(OC(=O)C=C)cc2)c(OC=O)c1. The van der Waals surface area contributed by atoms with Crippen LogP contribution in [0.25, 0.3) is 11.6 Å². The van der Waals surface area contributed by atoms with E-state index in [2.05, 4.69) is 13.2 Å². The molecule has 0 aliphatic carbocycles. The Morgan fingerprint density at radius 1 is 1.00 bits per heavy atom. The van der Waals surface area contributed by atoms with Gasteiger partial charge in [0.25, 0.3) is 6.47 Å². The lowest BCUT2D eigenvalue weighted by molar-refractivity contribution is -0.137. The number of hydrogen-bond donors (Lipinski definition) is 0. The molecular weight excluding hydrogens is 396 g/mol. The Labute approximate surface area is 181 Å². The Balaban J connectivity index is 2.12. The Bertz CT molecular complexity index is 986. The second kappa shape index (κ2) is 11.9. The van der Waals surface area contributed by atoms with Gasteiger partial charge in [0.2, 0.25) is 0 Å². The molecule has 0 bridgehead atoms. The molecule has 0 aliphatic heterocycles.